The molecular formula is C12H17NS. The van der Waals surface area contributed by atoms with Crippen LogP contribution >= 0.6 is 11.3 Å². The number of hydrogen-bond acceptors (Lipinski definition) is 2. The van der Waals surface area contributed by atoms with Gasteiger partial charge in [0.2, 0.25) is 0 Å². The van der Waals surface area contributed by atoms with Gasteiger partial charge < -0.3 is 5.32 Å². The van der Waals surface area contributed by atoms with E-state index < -0.39 is 0 Å². The largest absolute Gasteiger partial charge is 0.313 e. The molecule has 1 atom stereocenters. The Balaban J connectivity index is 2.15. The summed E-state index contributed by atoms with van der Waals surface area (Å²) in [5, 5.41) is 5.59. The molecule has 14 heavy (non-hydrogen) atoms. The van der Waals surface area contributed by atoms with Crippen molar-refractivity contribution in [2.75, 3.05) is 6.54 Å². The summed E-state index contributed by atoms with van der Waals surface area (Å²) in [6.45, 7) is 5.10. The van der Waals surface area contributed by atoms with Crippen LogP contribution in [0.15, 0.2) is 17.5 Å². The zero-order valence-corrected chi connectivity index (χ0v) is 9.66. The topological polar surface area (TPSA) is 12.0 Å². The standard InChI is InChI=1S/C12H17NS/c1-3-4-5-8-13-11(2)10-12-7-6-9-14-12/h6-7,9,11,13H,5,8,10H2,1-2H3. The van der Waals surface area contributed by atoms with Crippen LogP contribution in [0.5, 0.6) is 0 Å². The Morgan fingerprint density at radius 1 is 1.57 bits per heavy atom. The molecule has 0 saturated heterocycles. The average Bonchev–Trinajstić information content (AvgIpc) is 2.65. The smallest absolute Gasteiger partial charge is 0.0214 e. The Hall–Kier alpha value is -0.780. The van der Waals surface area contributed by atoms with Crippen LogP contribution < -0.4 is 5.32 Å². The van der Waals surface area contributed by atoms with E-state index in [9.17, 15) is 0 Å². The predicted molar refractivity (Wildman–Crippen MR) is 63.6 cm³/mol. The first kappa shape index (κ1) is 11.3. The third-order valence-corrected chi connectivity index (χ3v) is 2.91. The number of rotatable bonds is 5. The minimum Gasteiger partial charge on any atom is -0.313 e. The van der Waals surface area contributed by atoms with Gasteiger partial charge in [-0.25, -0.2) is 0 Å². The maximum atomic E-state index is 3.46. The number of nitrogens with one attached hydrogen (secondary N) is 1. The normalized spacial score (nSPS) is 11.9. The minimum atomic E-state index is 0.548. The van der Waals surface area contributed by atoms with Crippen LogP contribution in [0.4, 0.5) is 0 Å². The molecule has 1 aromatic rings. The summed E-state index contributed by atoms with van der Waals surface area (Å²) in [6.07, 6.45) is 2.07. The highest BCUT2D eigenvalue weighted by Gasteiger charge is 2.02. The molecule has 0 amide bonds. The molecule has 0 saturated carbocycles. The molecule has 76 valence electrons. The van der Waals surface area contributed by atoms with Crippen LogP contribution in [0.2, 0.25) is 0 Å². The van der Waals surface area contributed by atoms with Crippen molar-refractivity contribution < 1.29 is 0 Å². The van der Waals surface area contributed by atoms with E-state index in [1.54, 1.807) is 0 Å². The molecule has 0 radical (unpaired) electrons. The van der Waals surface area contributed by atoms with Crippen LogP contribution in [-0.4, -0.2) is 12.6 Å². The van der Waals surface area contributed by atoms with Crippen molar-refractivity contribution in [3.63, 3.8) is 0 Å². The molecule has 1 rings (SSSR count). The molecule has 2 heteroatoms. The molecule has 0 aliphatic heterocycles. The summed E-state index contributed by atoms with van der Waals surface area (Å²) in [5.41, 5.74) is 0. The zero-order valence-electron chi connectivity index (χ0n) is 8.84. The highest BCUT2D eigenvalue weighted by molar-refractivity contribution is 7.09. The second-order valence-electron chi connectivity index (χ2n) is 3.32. The van der Waals surface area contributed by atoms with Crippen LogP contribution in [0.1, 0.15) is 25.1 Å². The van der Waals surface area contributed by atoms with Gasteiger partial charge in [-0.1, -0.05) is 6.07 Å². The highest BCUT2D eigenvalue weighted by atomic mass is 32.1. The fourth-order valence-corrected chi connectivity index (χ4v) is 2.14. The van der Waals surface area contributed by atoms with E-state index in [0.717, 1.165) is 19.4 Å². The summed E-state index contributed by atoms with van der Waals surface area (Å²) >= 11 is 1.83. The maximum Gasteiger partial charge on any atom is 0.0214 e. The van der Waals surface area contributed by atoms with Gasteiger partial charge in [0, 0.05) is 23.9 Å². The van der Waals surface area contributed by atoms with Crippen LogP contribution in [0, 0.1) is 11.8 Å². The fraction of sp³-hybridized carbons (Fsp3) is 0.500. The van der Waals surface area contributed by atoms with Gasteiger partial charge in [-0.2, -0.15) is 0 Å². The van der Waals surface area contributed by atoms with Gasteiger partial charge in [-0.15, -0.1) is 23.2 Å². The second kappa shape index (κ2) is 6.64. The van der Waals surface area contributed by atoms with E-state index >= 15 is 0 Å². The van der Waals surface area contributed by atoms with E-state index in [2.05, 4.69) is 41.6 Å². The van der Waals surface area contributed by atoms with E-state index in [1.165, 1.54) is 4.88 Å². The lowest BCUT2D eigenvalue weighted by atomic mass is 10.2. The molecule has 0 spiro atoms. The van der Waals surface area contributed by atoms with Crippen molar-refractivity contribution in [2.45, 2.75) is 32.7 Å². The molecule has 0 aliphatic carbocycles. The molecule has 1 heterocycles. The molecule has 0 fully saturated rings. The first-order valence-corrected chi connectivity index (χ1v) is 5.86. The van der Waals surface area contributed by atoms with Crippen LogP contribution in [0.25, 0.3) is 0 Å². The summed E-state index contributed by atoms with van der Waals surface area (Å²) in [7, 11) is 0. The van der Waals surface area contributed by atoms with Crippen LogP contribution in [0.3, 0.4) is 0 Å². The molecule has 1 aromatic heterocycles. The van der Waals surface area contributed by atoms with E-state index in [-0.39, 0.29) is 0 Å². The van der Waals surface area contributed by atoms with Crippen molar-refractivity contribution in [3.8, 4) is 11.8 Å². The second-order valence-corrected chi connectivity index (χ2v) is 4.35. The Morgan fingerprint density at radius 2 is 2.43 bits per heavy atom. The van der Waals surface area contributed by atoms with E-state index in [0.29, 0.717) is 6.04 Å². The maximum absolute atomic E-state index is 3.46. The SMILES string of the molecule is CC#CCCNC(C)Cc1cccs1. The van der Waals surface area contributed by atoms with Gasteiger partial charge in [-0.05, 0) is 31.7 Å². The molecule has 0 aliphatic rings. The van der Waals surface area contributed by atoms with Crippen molar-refractivity contribution in [2.24, 2.45) is 0 Å². The van der Waals surface area contributed by atoms with Gasteiger partial charge in [0.05, 0.1) is 0 Å². The van der Waals surface area contributed by atoms with Gasteiger partial charge in [0.1, 0.15) is 0 Å². The molecule has 0 bridgehead atoms. The quantitative estimate of drug-likeness (QED) is 0.578. The van der Waals surface area contributed by atoms with Crippen molar-refractivity contribution in [1.29, 1.82) is 0 Å². The lowest BCUT2D eigenvalue weighted by Crippen LogP contribution is -2.28. The van der Waals surface area contributed by atoms with Crippen molar-refractivity contribution in [3.05, 3.63) is 22.4 Å². The molecule has 1 nitrogen and oxygen atoms in total. The molecular weight excluding hydrogens is 190 g/mol. The summed E-state index contributed by atoms with van der Waals surface area (Å²) in [6, 6.07) is 4.84. The van der Waals surface area contributed by atoms with Gasteiger partial charge >= 0.3 is 0 Å². The Kier molecular flexibility index (Phi) is 5.36. The Morgan fingerprint density at radius 3 is 3.07 bits per heavy atom. The molecule has 0 aromatic carbocycles. The van der Waals surface area contributed by atoms with Crippen molar-refractivity contribution >= 4 is 11.3 Å². The van der Waals surface area contributed by atoms with Gasteiger partial charge in [-0.3, -0.25) is 0 Å². The number of thiophene rings is 1. The van der Waals surface area contributed by atoms with E-state index in [1.807, 2.05) is 18.3 Å². The minimum absolute atomic E-state index is 0.548. The fourth-order valence-electron chi connectivity index (χ4n) is 1.31. The Labute approximate surface area is 90.5 Å². The average molecular weight is 207 g/mol. The summed E-state index contributed by atoms with van der Waals surface area (Å²) < 4.78 is 0. The zero-order chi connectivity index (χ0) is 10.2. The molecule has 1 unspecified atom stereocenters. The third kappa shape index (κ3) is 4.45. The number of hydrogen-bond donors (Lipinski definition) is 1. The lowest BCUT2D eigenvalue weighted by Gasteiger charge is -2.10. The highest BCUT2D eigenvalue weighted by Crippen LogP contribution is 2.10. The summed E-state index contributed by atoms with van der Waals surface area (Å²) in [4.78, 5) is 1.45. The van der Waals surface area contributed by atoms with Crippen molar-refractivity contribution in [1.82, 2.24) is 5.32 Å². The van der Waals surface area contributed by atoms with Crippen LogP contribution in [-0.2, 0) is 6.42 Å². The predicted octanol–water partition coefficient (Wildman–Crippen LogP) is 2.68. The molecule has 1 N–H and O–H groups in total. The Bertz CT molecular complexity index is 292. The summed E-state index contributed by atoms with van der Waals surface area (Å²) in [5.74, 6) is 5.95. The first-order valence-electron chi connectivity index (χ1n) is 4.98. The monoisotopic (exact) mass is 207 g/mol. The van der Waals surface area contributed by atoms with Gasteiger partial charge in [0.25, 0.3) is 0 Å². The van der Waals surface area contributed by atoms with E-state index in [4.69, 9.17) is 0 Å². The first-order chi connectivity index (χ1) is 6.83. The third-order valence-electron chi connectivity index (χ3n) is 2.01. The lowest BCUT2D eigenvalue weighted by molar-refractivity contribution is 0.557. The van der Waals surface area contributed by atoms with Gasteiger partial charge in [0.15, 0.2) is 0 Å².